The van der Waals surface area contributed by atoms with Crippen LogP contribution in [0.15, 0.2) is 24.3 Å². The van der Waals surface area contributed by atoms with E-state index in [9.17, 15) is 4.79 Å². The summed E-state index contributed by atoms with van der Waals surface area (Å²) >= 11 is 0. The molecule has 1 rings (SSSR count). The Morgan fingerprint density at radius 2 is 2.00 bits per heavy atom. The minimum Gasteiger partial charge on any atom is -0.497 e. The number of carbonyl (C=O) groups excluding carboxylic acids is 1. The summed E-state index contributed by atoms with van der Waals surface area (Å²) in [6.07, 6.45) is 1.62. The second kappa shape index (κ2) is 7.01. The highest BCUT2D eigenvalue weighted by Crippen LogP contribution is 2.17. The van der Waals surface area contributed by atoms with Gasteiger partial charge < -0.3 is 15.8 Å². The molecule has 18 heavy (non-hydrogen) atoms. The van der Waals surface area contributed by atoms with E-state index in [2.05, 4.69) is 5.32 Å². The maximum Gasteiger partial charge on any atom is 0.237 e. The number of carbonyl (C=O) groups is 1. The number of methoxy groups -OCH3 is 1. The smallest absolute Gasteiger partial charge is 0.237 e. The van der Waals surface area contributed by atoms with Gasteiger partial charge in [0.1, 0.15) is 5.75 Å². The molecule has 0 bridgehead atoms. The van der Waals surface area contributed by atoms with Crippen molar-refractivity contribution < 1.29 is 9.53 Å². The molecule has 0 aliphatic heterocycles. The van der Waals surface area contributed by atoms with Crippen molar-refractivity contribution in [3.63, 3.8) is 0 Å². The molecule has 0 aromatic heterocycles. The van der Waals surface area contributed by atoms with E-state index in [4.69, 9.17) is 10.5 Å². The van der Waals surface area contributed by atoms with Crippen LogP contribution in [-0.2, 0) is 4.79 Å². The Bertz CT molecular complexity index is 376. The third-order valence-electron chi connectivity index (χ3n) is 2.91. The normalized spacial score (nSPS) is 13.8. The van der Waals surface area contributed by atoms with Crippen LogP contribution in [0.3, 0.4) is 0 Å². The number of nitrogens with two attached hydrogens (primary N) is 1. The minimum absolute atomic E-state index is 0.0497. The zero-order valence-corrected chi connectivity index (χ0v) is 11.3. The highest BCUT2D eigenvalue weighted by atomic mass is 16.5. The van der Waals surface area contributed by atoms with Crippen LogP contribution in [-0.4, -0.2) is 19.1 Å². The van der Waals surface area contributed by atoms with Crippen molar-refractivity contribution in [1.82, 2.24) is 5.32 Å². The number of amides is 1. The molecule has 100 valence electrons. The number of rotatable bonds is 6. The second-order valence-electron chi connectivity index (χ2n) is 4.40. The van der Waals surface area contributed by atoms with Gasteiger partial charge in [0, 0.05) is 0 Å². The molecule has 2 atom stereocenters. The first-order valence-corrected chi connectivity index (χ1v) is 6.28. The van der Waals surface area contributed by atoms with Crippen LogP contribution in [0.2, 0.25) is 0 Å². The average molecular weight is 250 g/mol. The SMILES string of the molecule is CCCC(N)C(=O)N[C@H](C)c1ccc(OC)cc1. The van der Waals surface area contributed by atoms with E-state index < -0.39 is 6.04 Å². The summed E-state index contributed by atoms with van der Waals surface area (Å²) in [6.45, 7) is 3.96. The van der Waals surface area contributed by atoms with E-state index in [0.29, 0.717) is 6.42 Å². The summed E-state index contributed by atoms with van der Waals surface area (Å²) < 4.78 is 5.09. The standard InChI is InChI=1S/C14H22N2O2/c1-4-5-13(15)14(17)16-10(2)11-6-8-12(18-3)9-7-11/h6-10,13H,4-5,15H2,1-3H3,(H,16,17)/t10-,13?/m1/s1. The van der Waals surface area contributed by atoms with Gasteiger partial charge in [-0.3, -0.25) is 4.79 Å². The molecule has 3 N–H and O–H groups in total. The van der Waals surface area contributed by atoms with Gasteiger partial charge in [-0.1, -0.05) is 25.5 Å². The van der Waals surface area contributed by atoms with Crippen LogP contribution in [0.4, 0.5) is 0 Å². The molecule has 1 aromatic rings. The van der Waals surface area contributed by atoms with Crippen LogP contribution in [0.1, 0.15) is 38.3 Å². The molecule has 1 unspecified atom stereocenters. The summed E-state index contributed by atoms with van der Waals surface area (Å²) in [5, 5.41) is 2.91. The van der Waals surface area contributed by atoms with Gasteiger partial charge >= 0.3 is 0 Å². The second-order valence-corrected chi connectivity index (χ2v) is 4.40. The maximum atomic E-state index is 11.8. The van der Waals surface area contributed by atoms with Gasteiger partial charge in [-0.15, -0.1) is 0 Å². The summed E-state index contributed by atoms with van der Waals surface area (Å²) in [5.41, 5.74) is 6.80. The Morgan fingerprint density at radius 1 is 1.39 bits per heavy atom. The number of nitrogens with one attached hydrogen (secondary N) is 1. The number of hydrogen-bond acceptors (Lipinski definition) is 3. The lowest BCUT2D eigenvalue weighted by molar-refractivity contribution is -0.123. The van der Waals surface area contributed by atoms with E-state index in [1.807, 2.05) is 38.1 Å². The van der Waals surface area contributed by atoms with Crippen LogP contribution >= 0.6 is 0 Å². The third-order valence-corrected chi connectivity index (χ3v) is 2.91. The van der Waals surface area contributed by atoms with Crippen LogP contribution in [0.25, 0.3) is 0 Å². The Hall–Kier alpha value is -1.55. The van der Waals surface area contributed by atoms with Crippen molar-refractivity contribution in [2.45, 2.75) is 38.8 Å². The molecule has 4 heteroatoms. The lowest BCUT2D eigenvalue weighted by Crippen LogP contribution is -2.41. The van der Waals surface area contributed by atoms with Gasteiger partial charge in [-0.25, -0.2) is 0 Å². The Labute approximate surface area is 109 Å². The van der Waals surface area contributed by atoms with E-state index in [1.54, 1.807) is 7.11 Å². The molecular weight excluding hydrogens is 228 g/mol. The van der Waals surface area contributed by atoms with Gasteiger partial charge in [0.05, 0.1) is 19.2 Å². The first-order valence-electron chi connectivity index (χ1n) is 6.28. The average Bonchev–Trinajstić information content (AvgIpc) is 2.39. The van der Waals surface area contributed by atoms with Crippen LogP contribution in [0.5, 0.6) is 5.75 Å². The minimum atomic E-state index is -0.421. The predicted octanol–water partition coefficient (Wildman–Crippen LogP) is 2.00. The molecule has 1 aromatic carbocycles. The Balaban J connectivity index is 2.58. The highest BCUT2D eigenvalue weighted by molar-refractivity contribution is 5.81. The number of ether oxygens (including phenoxy) is 1. The highest BCUT2D eigenvalue weighted by Gasteiger charge is 2.15. The molecule has 4 nitrogen and oxygen atoms in total. The van der Waals surface area contributed by atoms with Crippen LogP contribution in [0, 0.1) is 0 Å². The monoisotopic (exact) mass is 250 g/mol. The first-order chi connectivity index (χ1) is 8.58. The van der Waals surface area contributed by atoms with Crippen molar-refractivity contribution in [3.8, 4) is 5.75 Å². The number of hydrogen-bond donors (Lipinski definition) is 2. The molecule has 0 radical (unpaired) electrons. The van der Waals surface area contributed by atoms with E-state index in [1.165, 1.54) is 0 Å². The van der Waals surface area contributed by atoms with Crippen molar-refractivity contribution >= 4 is 5.91 Å². The van der Waals surface area contributed by atoms with Gasteiger partial charge in [-0.05, 0) is 31.0 Å². The fourth-order valence-electron chi connectivity index (χ4n) is 1.74. The summed E-state index contributed by atoms with van der Waals surface area (Å²) in [6, 6.07) is 7.17. The van der Waals surface area contributed by atoms with E-state index in [0.717, 1.165) is 17.7 Å². The largest absolute Gasteiger partial charge is 0.497 e. The van der Waals surface area contributed by atoms with Crippen molar-refractivity contribution in [3.05, 3.63) is 29.8 Å². The fourth-order valence-corrected chi connectivity index (χ4v) is 1.74. The van der Waals surface area contributed by atoms with Crippen LogP contribution < -0.4 is 15.8 Å². The summed E-state index contributed by atoms with van der Waals surface area (Å²) in [4.78, 5) is 11.8. The van der Waals surface area contributed by atoms with Crippen molar-refractivity contribution in [2.75, 3.05) is 7.11 Å². The molecule has 0 heterocycles. The molecule has 0 saturated carbocycles. The van der Waals surface area contributed by atoms with E-state index in [-0.39, 0.29) is 11.9 Å². The fraction of sp³-hybridized carbons (Fsp3) is 0.500. The lowest BCUT2D eigenvalue weighted by Gasteiger charge is -2.17. The zero-order chi connectivity index (χ0) is 13.5. The first kappa shape index (κ1) is 14.5. The van der Waals surface area contributed by atoms with E-state index >= 15 is 0 Å². The quantitative estimate of drug-likeness (QED) is 0.811. The summed E-state index contributed by atoms with van der Waals surface area (Å²) in [5.74, 6) is 0.708. The third kappa shape index (κ3) is 4.04. The molecule has 1 amide bonds. The lowest BCUT2D eigenvalue weighted by atomic mass is 10.1. The molecule has 0 fully saturated rings. The maximum absolute atomic E-state index is 11.8. The molecule has 0 saturated heterocycles. The topological polar surface area (TPSA) is 64.4 Å². The van der Waals surface area contributed by atoms with Gasteiger partial charge in [0.2, 0.25) is 5.91 Å². The molecule has 0 aliphatic rings. The van der Waals surface area contributed by atoms with Gasteiger partial charge in [-0.2, -0.15) is 0 Å². The molecule has 0 spiro atoms. The Kier molecular flexibility index (Phi) is 5.65. The molecular formula is C14H22N2O2. The summed E-state index contributed by atoms with van der Waals surface area (Å²) in [7, 11) is 1.63. The zero-order valence-electron chi connectivity index (χ0n) is 11.3. The van der Waals surface area contributed by atoms with Crippen molar-refractivity contribution in [2.24, 2.45) is 5.73 Å². The molecule has 0 aliphatic carbocycles. The predicted molar refractivity (Wildman–Crippen MR) is 72.4 cm³/mol. The number of benzene rings is 1. The van der Waals surface area contributed by atoms with Crippen molar-refractivity contribution in [1.29, 1.82) is 0 Å². The van der Waals surface area contributed by atoms with Gasteiger partial charge in [0.15, 0.2) is 0 Å². The van der Waals surface area contributed by atoms with Gasteiger partial charge in [0.25, 0.3) is 0 Å². The Morgan fingerprint density at radius 3 is 2.50 bits per heavy atom.